The zero-order valence-electron chi connectivity index (χ0n) is 14.7. The van der Waals surface area contributed by atoms with Gasteiger partial charge in [0.05, 0.1) is 15.0 Å². The van der Waals surface area contributed by atoms with Gasteiger partial charge in [-0.1, -0.05) is 12.5 Å². The van der Waals surface area contributed by atoms with Crippen molar-refractivity contribution in [2.24, 2.45) is 0 Å². The number of benzene rings is 1. The van der Waals surface area contributed by atoms with Gasteiger partial charge in [0, 0.05) is 10.8 Å². The van der Waals surface area contributed by atoms with Crippen molar-refractivity contribution < 1.29 is 4.21 Å². The molecule has 0 bridgehead atoms. The van der Waals surface area contributed by atoms with Gasteiger partial charge < -0.3 is 0 Å². The molecule has 2 atom stereocenters. The second-order valence-electron chi connectivity index (χ2n) is 6.79. The molecule has 24 heavy (non-hydrogen) atoms. The van der Waals surface area contributed by atoms with Gasteiger partial charge in [-0.3, -0.25) is 0 Å². The molecule has 1 nitrogen and oxygen atoms in total. The third-order valence-electron chi connectivity index (χ3n) is 5.27. The summed E-state index contributed by atoms with van der Waals surface area (Å²) in [5.74, 6) is 1.24. The summed E-state index contributed by atoms with van der Waals surface area (Å²) >= 11 is 7.54. The molecule has 1 aliphatic heterocycles. The minimum atomic E-state index is -1.05. The van der Waals surface area contributed by atoms with Crippen LogP contribution < -0.4 is 0 Å². The lowest BCUT2D eigenvalue weighted by Crippen LogP contribution is -2.12. The fourth-order valence-electron chi connectivity index (χ4n) is 3.73. The Hall–Kier alpha value is -0.640. The molecule has 130 valence electrons. The van der Waals surface area contributed by atoms with Crippen molar-refractivity contribution in [3.63, 3.8) is 0 Å². The number of rotatable bonds is 4. The first kappa shape index (κ1) is 18.2. The third kappa shape index (κ3) is 3.36. The van der Waals surface area contributed by atoms with Crippen LogP contribution >= 0.6 is 22.9 Å². The van der Waals surface area contributed by atoms with Crippen molar-refractivity contribution in [3.8, 4) is 0 Å². The molecule has 2 unspecified atom stereocenters. The zero-order valence-corrected chi connectivity index (χ0v) is 17.0. The Bertz CT molecular complexity index is 763. The molecule has 1 aromatic heterocycles. The van der Waals surface area contributed by atoms with E-state index in [0.29, 0.717) is 5.92 Å². The normalized spacial score (nSPS) is 20.2. The summed E-state index contributed by atoms with van der Waals surface area (Å²) in [7, 11) is -1.05. The highest BCUT2D eigenvalue weighted by atomic mass is 35.5. The highest BCUT2D eigenvalue weighted by Gasteiger charge is 2.28. The molecule has 0 saturated heterocycles. The second-order valence-corrected chi connectivity index (χ2v) is 9.69. The molecule has 0 spiro atoms. The number of aryl methyl sites for hydroxylation is 2. The Balaban J connectivity index is 2.06. The van der Waals surface area contributed by atoms with E-state index in [2.05, 4.69) is 38.3 Å². The van der Waals surface area contributed by atoms with Gasteiger partial charge in [-0.05, 0) is 91.6 Å². The molecular formula is C20H25ClOS2. The topological polar surface area (TPSA) is 17.1 Å². The minimum absolute atomic E-state index is 0.506. The largest absolute Gasteiger partial charge is 0.248 e. The third-order valence-corrected chi connectivity index (χ3v) is 8.52. The van der Waals surface area contributed by atoms with E-state index in [1.165, 1.54) is 27.8 Å². The van der Waals surface area contributed by atoms with E-state index in [-0.39, 0.29) is 0 Å². The molecule has 2 heterocycles. The number of unbranched alkanes of at least 4 members (excludes halogenated alkanes) is 1. The molecule has 3 rings (SSSR count). The maximum absolute atomic E-state index is 13.3. The number of halogens is 1. The number of fused-ring (bicyclic) bond motifs is 2. The molecule has 1 aromatic carbocycles. The van der Waals surface area contributed by atoms with E-state index in [9.17, 15) is 4.21 Å². The quantitative estimate of drug-likeness (QED) is 0.450. The molecule has 1 aliphatic rings. The Morgan fingerprint density at radius 2 is 2.00 bits per heavy atom. The number of hydrogen-bond donors (Lipinski definition) is 0. The van der Waals surface area contributed by atoms with Gasteiger partial charge in [-0.25, -0.2) is 4.21 Å². The van der Waals surface area contributed by atoms with Crippen LogP contribution in [-0.2, 0) is 17.2 Å². The Labute approximate surface area is 156 Å². The fraction of sp³-hybridized carbons (Fsp3) is 0.500. The van der Waals surface area contributed by atoms with E-state index in [0.717, 1.165) is 47.1 Å². The van der Waals surface area contributed by atoms with E-state index in [1.54, 1.807) is 11.3 Å². The molecular weight excluding hydrogens is 356 g/mol. The first-order chi connectivity index (χ1) is 11.5. The molecule has 0 aliphatic carbocycles. The lowest BCUT2D eigenvalue weighted by atomic mass is 9.86. The van der Waals surface area contributed by atoms with Gasteiger partial charge in [-0.2, -0.15) is 0 Å². The van der Waals surface area contributed by atoms with Gasteiger partial charge in [0.25, 0.3) is 0 Å². The summed E-state index contributed by atoms with van der Waals surface area (Å²) in [6.45, 7) is 6.50. The molecule has 2 aromatic rings. The van der Waals surface area contributed by atoms with E-state index < -0.39 is 10.8 Å². The lowest BCUT2D eigenvalue weighted by molar-refractivity contribution is 0.536. The van der Waals surface area contributed by atoms with Crippen LogP contribution in [0, 0.1) is 20.8 Å². The lowest BCUT2D eigenvalue weighted by Gasteiger charge is -2.24. The zero-order chi connectivity index (χ0) is 17.3. The highest BCUT2D eigenvalue weighted by Crippen LogP contribution is 2.42. The maximum atomic E-state index is 13.3. The summed E-state index contributed by atoms with van der Waals surface area (Å²) in [5.41, 5.74) is 6.60. The van der Waals surface area contributed by atoms with E-state index in [1.807, 2.05) is 0 Å². The van der Waals surface area contributed by atoms with Crippen LogP contribution in [0.5, 0.6) is 0 Å². The molecule has 0 radical (unpaired) electrons. The minimum Gasteiger partial charge on any atom is -0.248 e. The van der Waals surface area contributed by atoms with Crippen LogP contribution in [0.3, 0.4) is 0 Å². The van der Waals surface area contributed by atoms with Crippen LogP contribution in [0.15, 0.2) is 26.6 Å². The second kappa shape index (κ2) is 7.72. The molecule has 0 fully saturated rings. The smallest absolute Gasteiger partial charge is 0.0997 e. The van der Waals surface area contributed by atoms with Crippen molar-refractivity contribution in [2.75, 3.05) is 5.88 Å². The van der Waals surface area contributed by atoms with Crippen molar-refractivity contribution in [1.82, 2.24) is 0 Å². The summed E-state index contributed by atoms with van der Waals surface area (Å²) in [6, 6.07) is 4.20. The average Bonchev–Trinajstić information content (AvgIpc) is 2.94. The van der Waals surface area contributed by atoms with E-state index in [4.69, 9.17) is 11.6 Å². The Morgan fingerprint density at radius 3 is 2.75 bits per heavy atom. The van der Waals surface area contributed by atoms with Gasteiger partial charge in [-0.15, -0.1) is 22.9 Å². The first-order valence-corrected chi connectivity index (χ1v) is 11.3. The van der Waals surface area contributed by atoms with Crippen LogP contribution in [0.4, 0.5) is 0 Å². The van der Waals surface area contributed by atoms with Crippen molar-refractivity contribution in [1.29, 1.82) is 0 Å². The van der Waals surface area contributed by atoms with Gasteiger partial charge in [0.2, 0.25) is 0 Å². The van der Waals surface area contributed by atoms with Crippen LogP contribution in [0.1, 0.15) is 59.4 Å². The van der Waals surface area contributed by atoms with Gasteiger partial charge >= 0.3 is 0 Å². The summed E-state index contributed by atoms with van der Waals surface area (Å²) in [6.07, 6.45) is 5.52. The predicted molar refractivity (Wildman–Crippen MR) is 105 cm³/mol. The van der Waals surface area contributed by atoms with Crippen LogP contribution in [0.2, 0.25) is 0 Å². The van der Waals surface area contributed by atoms with Gasteiger partial charge in [0.15, 0.2) is 0 Å². The summed E-state index contributed by atoms with van der Waals surface area (Å²) < 4.78 is 14.4. The van der Waals surface area contributed by atoms with Crippen LogP contribution in [-0.4, -0.2) is 10.1 Å². The molecule has 0 amide bonds. The standard InChI is InChI=1S/C20H25ClOS2/c1-13-7-10-18-17(15(13)3)9-8-16(6-4-5-11-21)19-14(2)12-23-20(19)24(18)22/h7,10,12,16H,4-6,8-9,11H2,1-3H3. The summed E-state index contributed by atoms with van der Waals surface area (Å²) in [4.78, 5) is 1.03. The monoisotopic (exact) mass is 380 g/mol. The number of alkyl halides is 1. The molecule has 0 saturated carbocycles. The molecule has 4 heteroatoms. The number of thiophene rings is 1. The van der Waals surface area contributed by atoms with Crippen molar-refractivity contribution in [2.45, 2.75) is 67.9 Å². The predicted octanol–water partition coefficient (Wildman–Crippen LogP) is 6.28. The van der Waals surface area contributed by atoms with Crippen molar-refractivity contribution in [3.05, 3.63) is 45.3 Å². The van der Waals surface area contributed by atoms with Crippen molar-refractivity contribution >= 4 is 33.7 Å². The fourth-order valence-corrected chi connectivity index (χ4v) is 6.95. The van der Waals surface area contributed by atoms with Crippen LogP contribution in [0.25, 0.3) is 0 Å². The number of hydrogen-bond acceptors (Lipinski definition) is 2. The highest BCUT2D eigenvalue weighted by molar-refractivity contribution is 7.87. The van der Waals surface area contributed by atoms with E-state index >= 15 is 0 Å². The average molecular weight is 381 g/mol. The molecule has 0 N–H and O–H groups in total. The first-order valence-electron chi connectivity index (χ1n) is 8.69. The van der Waals surface area contributed by atoms with Gasteiger partial charge in [0.1, 0.15) is 0 Å². The Kier molecular flexibility index (Phi) is 5.84. The Morgan fingerprint density at radius 1 is 1.21 bits per heavy atom. The summed E-state index contributed by atoms with van der Waals surface area (Å²) in [5, 5.41) is 2.18. The SMILES string of the molecule is Cc1ccc2c(c1C)CCC(CCCCCl)c1c(C)csc1S2=O. The maximum Gasteiger partial charge on any atom is 0.0997 e.